The van der Waals surface area contributed by atoms with E-state index in [9.17, 15) is 4.79 Å². The highest BCUT2D eigenvalue weighted by atomic mass is 16.1. The molecule has 1 aromatic rings. The third kappa shape index (κ3) is 2.91. The molecule has 0 spiro atoms. The third-order valence-corrected chi connectivity index (χ3v) is 3.79. The van der Waals surface area contributed by atoms with Gasteiger partial charge in [0.1, 0.15) is 6.29 Å². The van der Waals surface area contributed by atoms with Crippen LogP contribution in [0.5, 0.6) is 0 Å². The van der Waals surface area contributed by atoms with Gasteiger partial charge in [-0.1, -0.05) is 0 Å². The summed E-state index contributed by atoms with van der Waals surface area (Å²) in [6.07, 6.45) is 2.19. The van der Waals surface area contributed by atoms with Gasteiger partial charge in [-0.05, 0) is 56.6 Å². The van der Waals surface area contributed by atoms with E-state index in [1.54, 1.807) is 0 Å². The number of carbonyl (C=O) groups is 1. The average molecular weight is 246 g/mol. The van der Waals surface area contributed by atoms with Crippen molar-refractivity contribution in [3.8, 4) is 0 Å². The quantitative estimate of drug-likeness (QED) is 0.761. The molecule has 1 unspecified atom stereocenters. The molecular weight excluding hydrogens is 224 g/mol. The van der Waals surface area contributed by atoms with E-state index < -0.39 is 0 Å². The van der Waals surface area contributed by atoms with E-state index in [4.69, 9.17) is 0 Å². The molecule has 1 saturated heterocycles. The van der Waals surface area contributed by atoms with Crippen LogP contribution in [0.1, 0.15) is 22.3 Å². The van der Waals surface area contributed by atoms with Crippen LogP contribution in [0.25, 0.3) is 0 Å². The zero-order valence-electron chi connectivity index (χ0n) is 11.5. The first-order valence-corrected chi connectivity index (χ1v) is 6.55. The number of nitrogens with zero attached hydrogens (tertiary/aromatic N) is 2. The number of aldehydes is 1. The summed E-state index contributed by atoms with van der Waals surface area (Å²) in [4.78, 5) is 15.4. The van der Waals surface area contributed by atoms with Gasteiger partial charge in [0, 0.05) is 31.4 Å². The van der Waals surface area contributed by atoms with Crippen molar-refractivity contribution >= 4 is 12.0 Å². The molecule has 18 heavy (non-hydrogen) atoms. The van der Waals surface area contributed by atoms with Crippen LogP contribution in [0, 0.1) is 12.8 Å². The van der Waals surface area contributed by atoms with Gasteiger partial charge < -0.3 is 9.80 Å². The Balaban J connectivity index is 2.04. The lowest BCUT2D eigenvalue weighted by atomic mass is 10.1. The molecule has 2 rings (SSSR count). The van der Waals surface area contributed by atoms with Gasteiger partial charge in [0.05, 0.1) is 0 Å². The SMILES string of the molecule is Cc1cc(C=O)ccc1N(C)CC1CCN(C)C1. The Morgan fingerprint density at radius 1 is 1.50 bits per heavy atom. The fourth-order valence-corrected chi connectivity index (χ4v) is 2.84. The van der Waals surface area contributed by atoms with Crippen LogP contribution in [-0.2, 0) is 0 Å². The van der Waals surface area contributed by atoms with Crippen molar-refractivity contribution in [2.45, 2.75) is 13.3 Å². The summed E-state index contributed by atoms with van der Waals surface area (Å²) in [5, 5.41) is 0. The highest BCUT2D eigenvalue weighted by Gasteiger charge is 2.21. The maximum Gasteiger partial charge on any atom is 0.150 e. The minimum absolute atomic E-state index is 0.755. The number of likely N-dealkylation sites (tertiary alicyclic amines) is 1. The molecule has 0 aliphatic carbocycles. The van der Waals surface area contributed by atoms with Gasteiger partial charge in [0.25, 0.3) is 0 Å². The molecule has 0 amide bonds. The van der Waals surface area contributed by atoms with Gasteiger partial charge in [0.2, 0.25) is 0 Å². The maximum absolute atomic E-state index is 10.7. The van der Waals surface area contributed by atoms with E-state index in [1.165, 1.54) is 30.8 Å². The van der Waals surface area contributed by atoms with Gasteiger partial charge in [-0.25, -0.2) is 0 Å². The molecule has 0 bridgehead atoms. The van der Waals surface area contributed by atoms with Gasteiger partial charge in [-0.2, -0.15) is 0 Å². The minimum atomic E-state index is 0.755. The molecule has 1 atom stereocenters. The number of rotatable bonds is 4. The van der Waals surface area contributed by atoms with Crippen LogP contribution in [0.2, 0.25) is 0 Å². The third-order valence-electron chi connectivity index (χ3n) is 3.79. The molecule has 1 aliphatic heterocycles. The lowest BCUT2D eigenvalue weighted by molar-refractivity contribution is 0.112. The average Bonchev–Trinajstić information content (AvgIpc) is 2.74. The summed E-state index contributed by atoms with van der Waals surface area (Å²) in [6.45, 7) is 5.56. The minimum Gasteiger partial charge on any atom is -0.374 e. The number of benzene rings is 1. The molecule has 1 heterocycles. The van der Waals surface area contributed by atoms with Crippen molar-refractivity contribution in [3.05, 3.63) is 29.3 Å². The lowest BCUT2D eigenvalue weighted by Gasteiger charge is -2.25. The van der Waals surface area contributed by atoms with Gasteiger partial charge in [-0.15, -0.1) is 0 Å². The summed E-state index contributed by atoms with van der Waals surface area (Å²) in [5.74, 6) is 0.755. The highest BCUT2D eigenvalue weighted by Crippen LogP contribution is 2.23. The molecule has 0 radical (unpaired) electrons. The summed E-state index contributed by atoms with van der Waals surface area (Å²) in [5.41, 5.74) is 3.16. The molecule has 3 heteroatoms. The van der Waals surface area contributed by atoms with Crippen LogP contribution in [-0.4, -0.2) is 44.9 Å². The summed E-state index contributed by atoms with van der Waals surface area (Å²) >= 11 is 0. The molecule has 0 saturated carbocycles. The standard InChI is InChI=1S/C15H22N2O/c1-12-8-13(11-18)4-5-15(12)17(3)10-14-6-7-16(2)9-14/h4-5,8,11,14H,6-7,9-10H2,1-3H3. The molecule has 0 N–H and O–H groups in total. The van der Waals surface area contributed by atoms with Crippen LogP contribution in [0.15, 0.2) is 18.2 Å². The predicted octanol–water partition coefficient (Wildman–Crippen LogP) is 2.20. The Morgan fingerprint density at radius 2 is 2.28 bits per heavy atom. The van der Waals surface area contributed by atoms with E-state index in [0.29, 0.717) is 0 Å². The molecule has 1 aliphatic rings. The first-order valence-electron chi connectivity index (χ1n) is 6.55. The van der Waals surface area contributed by atoms with Crippen molar-refractivity contribution in [3.63, 3.8) is 0 Å². The Kier molecular flexibility index (Phi) is 4.02. The van der Waals surface area contributed by atoms with E-state index in [2.05, 4.69) is 36.9 Å². The van der Waals surface area contributed by atoms with Crippen LogP contribution in [0.3, 0.4) is 0 Å². The molecule has 98 valence electrons. The molecule has 1 fully saturated rings. The van der Waals surface area contributed by atoms with E-state index in [0.717, 1.165) is 24.3 Å². The topological polar surface area (TPSA) is 23.6 Å². The zero-order valence-corrected chi connectivity index (χ0v) is 11.5. The largest absolute Gasteiger partial charge is 0.374 e. The van der Waals surface area contributed by atoms with Crippen LogP contribution in [0.4, 0.5) is 5.69 Å². The Labute approximate surface area is 109 Å². The van der Waals surface area contributed by atoms with Gasteiger partial charge >= 0.3 is 0 Å². The number of hydrogen-bond acceptors (Lipinski definition) is 3. The van der Waals surface area contributed by atoms with Crippen molar-refractivity contribution in [2.75, 3.05) is 38.6 Å². The predicted molar refractivity (Wildman–Crippen MR) is 75.4 cm³/mol. The molecule has 0 aromatic heterocycles. The Bertz CT molecular complexity index is 431. The van der Waals surface area contributed by atoms with Crippen molar-refractivity contribution in [1.82, 2.24) is 4.90 Å². The smallest absolute Gasteiger partial charge is 0.150 e. The Morgan fingerprint density at radius 3 is 2.83 bits per heavy atom. The first-order chi connectivity index (χ1) is 8.60. The van der Waals surface area contributed by atoms with Crippen LogP contribution < -0.4 is 4.90 Å². The number of aryl methyl sites for hydroxylation is 1. The van der Waals surface area contributed by atoms with Crippen LogP contribution >= 0.6 is 0 Å². The number of hydrogen-bond donors (Lipinski definition) is 0. The van der Waals surface area contributed by atoms with Crippen molar-refractivity contribution < 1.29 is 4.79 Å². The van der Waals surface area contributed by atoms with E-state index in [1.807, 2.05) is 12.1 Å². The second-order valence-electron chi connectivity index (χ2n) is 5.46. The van der Waals surface area contributed by atoms with Gasteiger partial charge in [0.15, 0.2) is 0 Å². The second-order valence-corrected chi connectivity index (χ2v) is 5.46. The number of anilines is 1. The van der Waals surface area contributed by atoms with Gasteiger partial charge in [-0.3, -0.25) is 4.79 Å². The fourth-order valence-electron chi connectivity index (χ4n) is 2.84. The highest BCUT2D eigenvalue weighted by molar-refractivity contribution is 5.76. The summed E-state index contributed by atoms with van der Waals surface area (Å²) in [6, 6.07) is 5.91. The Hall–Kier alpha value is -1.35. The van der Waals surface area contributed by atoms with Crippen molar-refractivity contribution in [2.24, 2.45) is 5.92 Å². The summed E-state index contributed by atoms with van der Waals surface area (Å²) in [7, 11) is 4.32. The zero-order chi connectivity index (χ0) is 13.1. The van der Waals surface area contributed by atoms with E-state index in [-0.39, 0.29) is 0 Å². The fraction of sp³-hybridized carbons (Fsp3) is 0.533. The molecule has 1 aromatic carbocycles. The molecular formula is C15H22N2O. The number of carbonyl (C=O) groups excluding carboxylic acids is 1. The maximum atomic E-state index is 10.7. The summed E-state index contributed by atoms with van der Waals surface area (Å²) < 4.78 is 0. The first kappa shape index (κ1) is 13.1. The second kappa shape index (κ2) is 5.53. The molecule has 3 nitrogen and oxygen atoms in total. The normalized spacial score (nSPS) is 20.1. The lowest BCUT2D eigenvalue weighted by Crippen LogP contribution is -2.27. The van der Waals surface area contributed by atoms with Crippen molar-refractivity contribution in [1.29, 1.82) is 0 Å². The van der Waals surface area contributed by atoms with E-state index >= 15 is 0 Å². The monoisotopic (exact) mass is 246 g/mol.